The summed E-state index contributed by atoms with van der Waals surface area (Å²) in [6.45, 7) is 0. The van der Waals surface area contributed by atoms with Crippen molar-refractivity contribution >= 4 is 5.69 Å². The van der Waals surface area contributed by atoms with Gasteiger partial charge in [-0.2, -0.15) is 0 Å². The standard InChI is InChI=1S/C12H5F6N3/c13-7-8(14)10(16)9(7,15)11(17)12(10,18)21(20-19-11)6-4-2-1-3-5-6/h1-5H/t9-,10+,11-,12+/m1/s1. The van der Waals surface area contributed by atoms with Crippen LogP contribution in [-0.4, -0.2) is 22.9 Å². The van der Waals surface area contributed by atoms with Crippen LogP contribution >= 0.6 is 0 Å². The van der Waals surface area contributed by atoms with E-state index >= 15 is 0 Å². The molecule has 0 bridgehead atoms. The van der Waals surface area contributed by atoms with Gasteiger partial charge in [0.25, 0.3) is 11.3 Å². The summed E-state index contributed by atoms with van der Waals surface area (Å²) in [7, 11) is 0. The van der Waals surface area contributed by atoms with Crippen molar-refractivity contribution in [2.24, 2.45) is 10.3 Å². The Morgan fingerprint density at radius 3 is 2.05 bits per heavy atom. The van der Waals surface area contributed by atoms with Gasteiger partial charge in [-0.15, -0.1) is 5.11 Å². The molecule has 0 spiro atoms. The second-order valence-corrected chi connectivity index (χ2v) is 5.03. The van der Waals surface area contributed by atoms with Crippen LogP contribution in [0.2, 0.25) is 0 Å². The summed E-state index contributed by atoms with van der Waals surface area (Å²) in [4.78, 5) is 0. The summed E-state index contributed by atoms with van der Waals surface area (Å²) in [6.07, 6.45) is 0. The van der Waals surface area contributed by atoms with Crippen LogP contribution in [0.3, 0.4) is 0 Å². The summed E-state index contributed by atoms with van der Waals surface area (Å²) >= 11 is 0. The highest BCUT2D eigenvalue weighted by molar-refractivity contribution is 5.67. The summed E-state index contributed by atoms with van der Waals surface area (Å²) < 4.78 is 84.4. The van der Waals surface area contributed by atoms with Gasteiger partial charge in [0.05, 0.1) is 5.69 Å². The third kappa shape index (κ3) is 0.834. The lowest BCUT2D eigenvalue weighted by Gasteiger charge is -2.65. The number of benzene rings is 1. The molecule has 0 N–H and O–H groups in total. The van der Waals surface area contributed by atoms with E-state index in [1.165, 1.54) is 30.3 Å². The minimum atomic E-state index is -4.13. The molecule has 0 amide bonds. The van der Waals surface area contributed by atoms with Crippen LogP contribution in [0.15, 0.2) is 52.3 Å². The van der Waals surface area contributed by atoms with Gasteiger partial charge in [-0.3, -0.25) is 0 Å². The fraction of sp³-hybridized carbons (Fsp3) is 0.333. The van der Waals surface area contributed by atoms with Gasteiger partial charge in [-0.05, 0) is 12.1 Å². The predicted molar refractivity (Wildman–Crippen MR) is 58.4 cm³/mol. The maximum absolute atomic E-state index is 14.9. The van der Waals surface area contributed by atoms with Crippen molar-refractivity contribution in [3.63, 3.8) is 0 Å². The minimum Gasteiger partial charge on any atom is -0.226 e. The van der Waals surface area contributed by atoms with Gasteiger partial charge in [0.1, 0.15) is 0 Å². The molecule has 110 valence electrons. The van der Waals surface area contributed by atoms with Crippen LogP contribution in [-0.2, 0) is 0 Å². The average Bonchev–Trinajstić information content (AvgIpc) is 2.77. The minimum absolute atomic E-state index is 0.0941. The van der Waals surface area contributed by atoms with Gasteiger partial charge in [-0.1, -0.05) is 23.4 Å². The maximum Gasteiger partial charge on any atom is 0.322 e. The highest BCUT2D eigenvalue weighted by Gasteiger charge is 3.07. The molecule has 2 aliphatic carbocycles. The van der Waals surface area contributed by atoms with Gasteiger partial charge in [0, 0.05) is 0 Å². The highest BCUT2D eigenvalue weighted by Crippen LogP contribution is 2.80. The molecule has 3 aliphatic rings. The zero-order chi connectivity index (χ0) is 15.3. The van der Waals surface area contributed by atoms with Crippen molar-refractivity contribution in [1.29, 1.82) is 0 Å². The molecule has 4 rings (SSSR count). The van der Waals surface area contributed by atoms with Crippen molar-refractivity contribution in [2.75, 3.05) is 5.01 Å². The Morgan fingerprint density at radius 2 is 1.43 bits per heavy atom. The number of alkyl halides is 4. The van der Waals surface area contributed by atoms with E-state index in [0.29, 0.717) is 0 Å². The van der Waals surface area contributed by atoms with E-state index in [4.69, 9.17) is 0 Å². The number of nitrogens with zero attached hydrogens (tertiary/aromatic N) is 3. The molecule has 1 heterocycles. The third-order valence-corrected chi connectivity index (χ3v) is 4.19. The number of para-hydroxylation sites is 1. The van der Waals surface area contributed by atoms with Crippen LogP contribution in [0.25, 0.3) is 0 Å². The van der Waals surface area contributed by atoms with Gasteiger partial charge < -0.3 is 0 Å². The molecule has 1 aromatic rings. The first-order valence-corrected chi connectivity index (χ1v) is 5.87. The average molecular weight is 305 g/mol. The number of hydrogen-bond donors (Lipinski definition) is 0. The van der Waals surface area contributed by atoms with Crippen LogP contribution in [0.1, 0.15) is 0 Å². The van der Waals surface area contributed by atoms with Crippen molar-refractivity contribution in [3.05, 3.63) is 42.0 Å². The SMILES string of the molecule is FC1=C(F)[C@]2(F)[C@@]1(F)[C@@]1(F)N=NN(c3ccccc3)[C@]12F. The monoisotopic (exact) mass is 305 g/mol. The van der Waals surface area contributed by atoms with E-state index in [0.717, 1.165) is 0 Å². The van der Waals surface area contributed by atoms with Crippen LogP contribution < -0.4 is 5.01 Å². The van der Waals surface area contributed by atoms with Gasteiger partial charge in [0.15, 0.2) is 11.7 Å². The van der Waals surface area contributed by atoms with E-state index in [-0.39, 0.29) is 10.7 Å². The molecule has 1 aromatic carbocycles. The normalized spacial score (nSPS) is 46.9. The van der Waals surface area contributed by atoms with Crippen molar-refractivity contribution in [1.82, 2.24) is 0 Å². The molecule has 1 aliphatic heterocycles. The zero-order valence-electron chi connectivity index (χ0n) is 10.00. The number of anilines is 1. The lowest BCUT2D eigenvalue weighted by Crippen LogP contribution is -2.94. The Balaban J connectivity index is 1.92. The van der Waals surface area contributed by atoms with E-state index in [2.05, 4.69) is 10.3 Å². The molecule has 0 aromatic heterocycles. The third-order valence-electron chi connectivity index (χ3n) is 4.19. The molecule has 0 radical (unpaired) electrons. The van der Waals surface area contributed by atoms with Gasteiger partial charge in [0.2, 0.25) is 0 Å². The second kappa shape index (κ2) is 3.07. The van der Waals surface area contributed by atoms with Gasteiger partial charge >= 0.3 is 11.6 Å². The fourth-order valence-corrected chi connectivity index (χ4v) is 3.07. The van der Waals surface area contributed by atoms with E-state index in [1.807, 2.05) is 0 Å². The predicted octanol–water partition coefficient (Wildman–Crippen LogP) is 3.80. The molecular weight excluding hydrogens is 300 g/mol. The van der Waals surface area contributed by atoms with Gasteiger partial charge in [-0.25, -0.2) is 31.4 Å². The number of halogens is 6. The Kier molecular flexibility index (Phi) is 1.85. The first kappa shape index (κ1) is 12.7. The molecular formula is C12H5F6N3. The second-order valence-electron chi connectivity index (χ2n) is 5.03. The van der Waals surface area contributed by atoms with Crippen molar-refractivity contribution < 1.29 is 26.3 Å². The lowest BCUT2D eigenvalue weighted by molar-refractivity contribution is -0.339. The summed E-state index contributed by atoms with van der Waals surface area (Å²) in [5.74, 6) is -12.5. The summed E-state index contributed by atoms with van der Waals surface area (Å²) in [6, 6.07) is 6.74. The molecule has 0 unspecified atom stereocenters. The van der Waals surface area contributed by atoms with Crippen molar-refractivity contribution in [3.8, 4) is 0 Å². The van der Waals surface area contributed by atoms with Crippen molar-refractivity contribution in [2.45, 2.75) is 22.9 Å². The largest absolute Gasteiger partial charge is 0.322 e. The number of fused-ring (bicyclic) bond motifs is 4. The van der Waals surface area contributed by atoms with E-state index in [1.54, 1.807) is 0 Å². The molecule has 0 saturated heterocycles. The Hall–Kier alpha value is -2.06. The molecule has 4 atom stereocenters. The molecule has 21 heavy (non-hydrogen) atoms. The van der Waals surface area contributed by atoms with E-state index in [9.17, 15) is 26.3 Å². The molecule has 9 heteroatoms. The summed E-state index contributed by atoms with van der Waals surface area (Å²) in [5.41, 5.74) is -8.44. The first-order chi connectivity index (χ1) is 9.77. The van der Waals surface area contributed by atoms with Crippen LogP contribution in [0.4, 0.5) is 32.0 Å². The lowest BCUT2D eigenvalue weighted by atomic mass is 9.48. The topological polar surface area (TPSA) is 28.0 Å². The Labute approximate surface area is 113 Å². The van der Waals surface area contributed by atoms with E-state index < -0.39 is 34.6 Å². The zero-order valence-corrected chi connectivity index (χ0v) is 10.00. The fourth-order valence-electron chi connectivity index (χ4n) is 3.07. The quantitative estimate of drug-likeness (QED) is 0.573. The molecule has 1 saturated carbocycles. The smallest absolute Gasteiger partial charge is 0.226 e. The highest BCUT2D eigenvalue weighted by atomic mass is 19.2. The van der Waals surface area contributed by atoms with Crippen LogP contribution in [0.5, 0.6) is 0 Å². The van der Waals surface area contributed by atoms with Crippen LogP contribution in [0, 0.1) is 0 Å². The molecule has 3 nitrogen and oxygen atoms in total. The Morgan fingerprint density at radius 1 is 0.857 bits per heavy atom. The first-order valence-electron chi connectivity index (χ1n) is 5.87. The number of hydrogen-bond acceptors (Lipinski definition) is 3. The Bertz CT molecular complexity index is 723. The summed E-state index contributed by atoms with van der Waals surface area (Å²) in [5, 5.41) is 5.84. The number of rotatable bonds is 1. The molecule has 1 fully saturated rings. The maximum atomic E-state index is 14.9.